The van der Waals surface area contributed by atoms with Gasteiger partial charge in [0.2, 0.25) is 5.91 Å². The lowest BCUT2D eigenvalue weighted by atomic mass is 10.1. The van der Waals surface area contributed by atoms with Gasteiger partial charge in [-0.3, -0.25) is 9.78 Å². The van der Waals surface area contributed by atoms with Gasteiger partial charge in [-0.2, -0.15) is 0 Å². The molecule has 3 aromatic rings. The number of sulfone groups is 1. The fourth-order valence-corrected chi connectivity index (χ4v) is 3.64. The minimum atomic E-state index is -3.67. The number of para-hydroxylation sites is 1. The summed E-state index contributed by atoms with van der Waals surface area (Å²) in [5.74, 6) is -1.18. The number of nitrogens with one attached hydrogen (secondary N) is 1. The smallest absolute Gasteiger partial charge is 0.239 e. The van der Waals surface area contributed by atoms with Gasteiger partial charge in [0.25, 0.3) is 0 Å². The zero-order valence-corrected chi connectivity index (χ0v) is 13.9. The molecule has 3 rings (SSSR count). The van der Waals surface area contributed by atoms with E-state index < -0.39 is 21.5 Å². The van der Waals surface area contributed by atoms with Crippen LogP contribution in [0, 0.1) is 6.92 Å². The van der Waals surface area contributed by atoms with Crippen LogP contribution in [0.5, 0.6) is 0 Å². The first kappa shape index (κ1) is 16.1. The van der Waals surface area contributed by atoms with Gasteiger partial charge in [-0.05, 0) is 31.2 Å². The molecule has 24 heavy (non-hydrogen) atoms. The van der Waals surface area contributed by atoms with Crippen LogP contribution in [0.25, 0.3) is 10.9 Å². The highest BCUT2D eigenvalue weighted by atomic mass is 32.2. The summed E-state index contributed by atoms with van der Waals surface area (Å²) in [6.07, 6.45) is 0. The second-order valence-corrected chi connectivity index (χ2v) is 7.44. The number of anilines is 1. The molecule has 0 spiro atoms. The van der Waals surface area contributed by atoms with E-state index in [2.05, 4.69) is 10.3 Å². The molecule has 2 aromatic carbocycles. The first-order valence-electron chi connectivity index (χ1n) is 7.40. The molecule has 0 bridgehead atoms. The third kappa shape index (κ3) is 3.44. The number of hydrogen-bond acceptors (Lipinski definition) is 4. The number of benzene rings is 2. The summed E-state index contributed by atoms with van der Waals surface area (Å²) < 4.78 is 24.6. The number of fused-ring (bicyclic) bond motifs is 1. The van der Waals surface area contributed by atoms with Crippen LogP contribution >= 0.6 is 0 Å². The highest BCUT2D eigenvalue weighted by Gasteiger charge is 2.19. The van der Waals surface area contributed by atoms with Crippen LogP contribution in [0.4, 0.5) is 5.69 Å². The van der Waals surface area contributed by atoms with Crippen molar-refractivity contribution in [2.75, 3.05) is 11.1 Å². The Balaban J connectivity index is 1.86. The molecule has 1 heterocycles. The molecule has 0 saturated heterocycles. The van der Waals surface area contributed by atoms with Gasteiger partial charge in [0.05, 0.1) is 16.1 Å². The molecule has 0 unspecified atom stereocenters. The number of carbonyl (C=O) groups is 1. The standard InChI is InChI=1S/C18H16N2O3S/c1-13-11-17(15-9-5-6-10-16(15)19-13)20-18(21)12-24(22,23)14-7-3-2-4-8-14/h2-11H,12H2,1H3,(H,19,20,21). The third-order valence-electron chi connectivity index (χ3n) is 3.54. The summed E-state index contributed by atoms with van der Waals surface area (Å²) in [5, 5.41) is 3.47. The molecule has 0 aliphatic heterocycles. The Morgan fingerprint density at radius 2 is 1.71 bits per heavy atom. The summed E-state index contributed by atoms with van der Waals surface area (Å²) in [5.41, 5.74) is 2.06. The number of rotatable bonds is 4. The van der Waals surface area contributed by atoms with Crippen molar-refractivity contribution in [3.8, 4) is 0 Å². The predicted molar refractivity (Wildman–Crippen MR) is 93.6 cm³/mol. The Kier molecular flexibility index (Phi) is 4.31. The monoisotopic (exact) mass is 340 g/mol. The number of aromatic nitrogens is 1. The van der Waals surface area contributed by atoms with Crippen LogP contribution in [0.1, 0.15) is 5.69 Å². The van der Waals surface area contributed by atoms with Crippen molar-refractivity contribution in [2.45, 2.75) is 11.8 Å². The van der Waals surface area contributed by atoms with Gasteiger partial charge in [0.1, 0.15) is 5.75 Å². The maximum atomic E-state index is 12.3. The van der Waals surface area contributed by atoms with E-state index in [1.807, 2.05) is 31.2 Å². The van der Waals surface area contributed by atoms with E-state index >= 15 is 0 Å². The molecule has 0 aliphatic carbocycles. The molecular weight excluding hydrogens is 324 g/mol. The van der Waals surface area contributed by atoms with Crippen LogP contribution in [0.2, 0.25) is 0 Å². The van der Waals surface area contributed by atoms with Crippen LogP contribution in [0.15, 0.2) is 65.6 Å². The maximum Gasteiger partial charge on any atom is 0.239 e. The summed E-state index contributed by atoms with van der Waals surface area (Å²) in [6, 6.07) is 17.1. The van der Waals surface area contributed by atoms with Crippen LogP contribution in [-0.2, 0) is 14.6 Å². The lowest BCUT2D eigenvalue weighted by molar-refractivity contribution is -0.113. The lowest BCUT2D eigenvalue weighted by Crippen LogP contribution is -2.23. The summed E-state index contributed by atoms with van der Waals surface area (Å²) >= 11 is 0. The fraction of sp³-hybridized carbons (Fsp3) is 0.111. The van der Waals surface area contributed by atoms with Gasteiger partial charge < -0.3 is 5.32 Å². The van der Waals surface area contributed by atoms with Crippen molar-refractivity contribution in [3.05, 3.63) is 66.4 Å². The van der Waals surface area contributed by atoms with Crippen molar-refractivity contribution in [1.82, 2.24) is 4.98 Å². The van der Waals surface area contributed by atoms with E-state index in [0.29, 0.717) is 5.69 Å². The average Bonchev–Trinajstić information content (AvgIpc) is 2.55. The van der Waals surface area contributed by atoms with Gasteiger partial charge in [-0.15, -0.1) is 0 Å². The van der Waals surface area contributed by atoms with Gasteiger partial charge in [0.15, 0.2) is 9.84 Å². The van der Waals surface area contributed by atoms with Gasteiger partial charge in [-0.25, -0.2) is 8.42 Å². The number of nitrogens with zero attached hydrogens (tertiary/aromatic N) is 1. The zero-order chi connectivity index (χ0) is 17.2. The van der Waals surface area contributed by atoms with E-state index in [9.17, 15) is 13.2 Å². The van der Waals surface area contributed by atoms with Crippen LogP contribution < -0.4 is 5.32 Å². The topological polar surface area (TPSA) is 76.1 Å². The second-order valence-electron chi connectivity index (χ2n) is 5.45. The Hall–Kier alpha value is -2.73. The highest BCUT2D eigenvalue weighted by molar-refractivity contribution is 7.92. The predicted octanol–water partition coefficient (Wildman–Crippen LogP) is 2.96. The summed E-state index contributed by atoms with van der Waals surface area (Å²) in [4.78, 5) is 16.8. The van der Waals surface area contributed by atoms with Crippen molar-refractivity contribution in [3.63, 3.8) is 0 Å². The number of hydrogen-bond donors (Lipinski definition) is 1. The SMILES string of the molecule is Cc1cc(NC(=O)CS(=O)(=O)c2ccccc2)c2ccccc2n1. The Labute approximate surface area is 140 Å². The molecular formula is C18H16N2O3S. The lowest BCUT2D eigenvalue weighted by Gasteiger charge is -2.10. The van der Waals surface area contributed by atoms with Crippen molar-refractivity contribution in [2.24, 2.45) is 0 Å². The number of aryl methyl sites for hydroxylation is 1. The molecule has 122 valence electrons. The maximum absolute atomic E-state index is 12.3. The Morgan fingerprint density at radius 1 is 1.04 bits per heavy atom. The molecule has 0 saturated carbocycles. The second kappa shape index (κ2) is 6.41. The summed E-state index contributed by atoms with van der Waals surface area (Å²) in [7, 11) is -3.67. The van der Waals surface area contributed by atoms with Crippen molar-refractivity contribution < 1.29 is 13.2 Å². The van der Waals surface area contributed by atoms with Gasteiger partial charge >= 0.3 is 0 Å². The van der Waals surface area contributed by atoms with Crippen molar-refractivity contribution >= 4 is 32.3 Å². The number of carbonyl (C=O) groups excluding carboxylic acids is 1. The molecule has 1 amide bonds. The van der Waals surface area contributed by atoms with Crippen LogP contribution in [0.3, 0.4) is 0 Å². The number of amides is 1. The first-order chi connectivity index (χ1) is 11.5. The zero-order valence-electron chi connectivity index (χ0n) is 13.1. The molecule has 0 aliphatic rings. The quantitative estimate of drug-likeness (QED) is 0.792. The number of pyridine rings is 1. The molecule has 5 nitrogen and oxygen atoms in total. The summed E-state index contributed by atoms with van der Waals surface area (Å²) in [6.45, 7) is 1.82. The fourth-order valence-electron chi connectivity index (χ4n) is 2.48. The minimum Gasteiger partial charge on any atom is -0.325 e. The largest absolute Gasteiger partial charge is 0.325 e. The Bertz CT molecular complexity index is 999. The highest BCUT2D eigenvalue weighted by Crippen LogP contribution is 2.23. The molecule has 0 radical (unpaired) electrons. The van der Waals surface area contributed by atoms with E-state index in [0.717, 1.165) is 16.6 Å². The average molecular weight is 340 g/mol. The van der Waals surface area contributed by atoms with Gasteiger partial charge in [0, 0.05) is 11.1 Å². The van der Waals surface area contributed by atoms with Crippen molar-refractivity contribution in [1.29, 1.82) is 0 Å². The molecule has 0 atom stereocenters. The minimum absolute atomic E-state index is 0.135. The molecule has 6 heteroatoms. The van der Waals surface area contributed by atoms with Crippen LogP contribution in [-0.4, -0.2) is 25.1 Å². The molecule has 1 aromatic heterocycles. The third-order valence-corrected chi connectivity index (χ3v) is 5.17. The molecule has 1 N–H and O–H groups in total. The van der Waals surface area contributed by atoms with E-state index in [1.54, 1.807) is 24.3 Å². The van der Waals surface area contributed by atoms with E-state index in [-0.39, 0.29) is 4.90 Å². The Morgan fingerprint density at radius 3 is 2.46 bits per heavy atom. The first-order valence-corrected chi connectivity index (χ1v) is 9.05. The van der Waals surface area contributed by atoms with E-state index in [1.165, 1.54) is 12.1 Å². The normalized spacial score (nSPS) is 11.4. The van der Waals surface area contributed by atoms with E-state index in [4.69, 9.17) is 0 Å². The molecule has 0 fully saturated rings. The van der Waals surface area contributed by atoms with Gasteiger partial charge in [-0.1, -0.05) is 36.4 Å².